The van der Waals surface area contributed by atoms with Gasteiger partial charge >= 0.3 is 0 Å². The molecular weight excluding hydrogens is 310 g/mol. The molecule has 0 fully saturated rings. The predicted octanol–water partition coefficient (Wildman–Crippen LogP) is 3.10. The van der Waals surface area contributed by atoms with Crippen molar-refractivity contribution in [1.82, 2.24) is 14.5 Å². The van der Waals surface area contributed by atoms with Crippen molar-refractivity contribution >= 4 is 31.9 Å². The minimum Gasteiger partial charge on any atom is -0.303 e. The van der Waals surface area contributed by atoms with Gasteiger partial charge in [-0.3, -0.25) is 0 Å². The van der Waals surface area contributed by atoms with Crippen molar-refractivity contribution in [3.05, 3.63) is 39.6 Å². The predicted molar refractivity (Wildman–Crippen MR) is 61.5 cm³/mol. The van der Waals surface area contributed by atoms with Gasteiger partial charge in [-0.05, 0) is 44.8 Å². The normalized spacial score (nSPS) is 10.5. The molecule has 0 spiro atoms. The van der Waals surface area contributed by atoms with E-state index in [2.05, 4.69) is 41.8 Å². The van der Waals surface area contributed by atoms with Gasteiger partial charge < -0.3 is 4.57 Å². The van der Waals surface area contributed by atoms with Gasteiger partial charge in [0.05, 0.1) is 10.2 Å². The molecule has 2 heterocycles. The first kappa shape index (κ1) is 9.86. The number of aryl methyl sites for hydroxylation is 1. The lowest BCUT2D eigenvalue weighted by Gasteiger charge is -2.07. The van der Waals surface area contributed by atoms with Crippen LogP contribution in [0.5, 0.6) is 0 Å². The third-order valence-electron chi connectivity index (χ3n) is 1.89. The van der Waals surface area contributed by atoms with E-state index in [1.54, 1.807) is 12.4 Å². The molecule has 0 radical (unpaired) electrons. The fourth-order valence-corrected chi connectivity index (χ4v) is 1.95. The zero-order valence-electron chi connectivity index (χ0n) is 7.41. The quantitative estimate of drug-likeness (QED) is 0.757. The molecule has 0 bridgehead atoms. The molecule has 0 atom stereocenters. The molecule has 0 aliphatic heterocycles. The summed E-state index contributed by atoms with van der Waals surface area (Å²) in [6.45, 7) is 1.96. The van der Waals surface area contributed by atoms with Crippen molar-refractivity contribution in [3.63, 3.8) is 0 Å². The summed E-state index contributed by atoms with van der Waals surface area (Å²) >= 11 is 6.79. The first-order valence-electron chi connectivity index (χ1n) is 4.00. The number of nitrogens with zero attached hydrogens (tertiary/aromatic N) is 3. The number of pyridine rings is 1. The highest BCUT2D eigenvalue weighted by molar-refractivity contribution is 9.11. The second-order valence-electron chi connectivity index (χ2n) is 2.80. The molecule has 14 heavy (non-hydrogen) atoms. The lowest BCUT2D eigenvalue weighted by Crippen LogP contribution is -1.97. The van der Waals surface area contributed by atoms with Gasteiger partial charge in [0.1, 0.15) is 10.4 Å². The molecule has 2 rings (SSSR count). The Balaban J connectivity index is 2.62. The van der Waals surface area contributed by atoms with E-state index >= 15 is 0 Å². The number of hydrogen-bond acceptors (Lipinski definition) is 2. The van der Waals surface area contributed by atoms with Crippen molar-refractivity contribution in [3.8, 4) is 5.69 Å². The van der Waals surface area contributed by atoms with Crippen LogP contribution < -0.4 is 0 Å². The minimum absolute atomic E-state index is 0.809. The molecule has 0 saturated heterocycles. The number of imidazole rings is 1. The van der Waals surface area contributed by atoms with Gasteiger partial charge in [-0.1, -0.05) is 0 Å². The summed E-state index contributed by atoms with van der Waals surface area (Å²) in [4.78, 5) is 8.29. The summed E-state index contributed by atoms with van der Waals surface area (Å²) in [5.41, 5.74) is 1.03. The molecule has 0 amide bonds. The monoisotopic (exact) mass is 315 g/mol. The molecule has 5 heteroatoms. The van der Waals surface area contributed by atoms with Crippen molar-refractivity contribution < 1.29 is 0 Å². The summed E-state index contributed by atoms with van der Waals surface area (Å²) in [5, 5.41) is 0. The summed E-state index contributed by atoms with van der Waals surface area (Å²) in [7, 11) is 0. The van der Waals surface area contributed by atoms with E-state index in [0.717, 1.165) is 20.6 Å². The van der Waals surface area contributed by atoms with E-state index in [4.69, 9.17) is 0 Å². The van der Waals surface area contributed by atoms with Crippen LogP contribution in [-0.2, 0) is 0 Å². The second-order valence-corrected chi connectivity index (χ2v) is 4.47. The van der Waals surface area contributed by atoms with Crippen molar-refractivity contribution in [2.24, 2.45) is 0 Å². The molecule has 0 unspecified atom stereocenters. The maximum atomic E-state index is 4.17. The Bertz CT molecular complexity index is 465. The Labute approximate surface area is 98.4 Å². The first-order chi connectivity index (χ1) is 6.68. The summed E-state index contributed by atoms with van der Waals surface area (Å²) < 4.78 is 3.75. The van der Waals surface area contributed by atoms with Crippen LogP contribution in [0.15, 0.2) is 33.7 Å². The van der Waals surface area contributed by atoms with Crippen molar-refractivity contribution in [2.45, 2.75) is 6.92 Å². The maximum absolute atomic E-state index is 4.17. The third-order valence-corrected chi connectivity index (χ3v) is 2.93. The topological polar surface area (TPSA) is 30.7 Å². The van der Waals surface area contributed by atoms with E-state index in [1.165, 1.54) is 0 Å². The van der Waals surface area contributed by atoms with Gasteiger partial charge in [-0.25, -0.2) is 9.97 Å². The highest BCUT2D eigenvalue weighted by Gasteiger charge is 2.05. The molecule has 72 valence electrons. The Morgan fingerprint density at radius 1 is 1.29 bits per heavy atom. The summed E-state index contributed by atoms with van der Waals surface area (Å²) in [6, 6.07) is 1.94. The lowest BCUT2D eigenvalue weighted by atomic mass is 10.4. The highest BCUT2D eigenvalue weighted by atomic mass is 79.9. The van der Waals surface area contributed by atoms with Gasteiger partial charge in [0, 0.05) is 18.6 Å². The number of hydrogen-bond donors (Lipinski definition) is 0. The molecule has 0 saturated carbocycles. The van der Waals surface area contributed by atoms with E-state index in [1.807, 2.05) is 23.8 Å². The smallest absolute Gasteiger partial charge is 0.110 e. The second kappa shape index (κ2) is 3.82. The van der Waals surface area contributed by atoms with Gasteiger partial charge in [0.15, 0.2) is 0 Å². The zero-order chi connectivity index (χ0) is 10.1. The molecule has 0 aliphatic carbocycles. The standard InChI is InChI=1S/C9H7Br2N3/c1-6-12-2-3-14(6)8-4-9(11)13-5-7(8)10/h2-5H,1H3. The Hall–Kier alpha value is -0.680. The van der Waals surface area contributed by atoms with E-state index in [9.17, 15) is 0 Å². The molecule has 0 aliphatic rings. The largest absolute Gasteiger partial charge is 0.303 e. The van der Waals surface area contributed by atoms with Crippen molar-refractivity contribution in [2.75, 3.05) is 0 Å². The van der Waals surface area contributed by atoms with Crippen molar-refractivity contribution in [1.29, 1.82) is 0 Å². The summed E-state index contributed by atoms with van der Waals surface area (Å²) in [5.74, 6) is 0.948. The fourth-order valence-electron chi connectivity index (χ4n) is 1.22. The molecule has 2 aromatic heterocycles. The molecule has 3 nitrogen and oxygen atoms in total. The van der Waals surface area contributed by atoms with Crippen LogP contribution in [0, 0.1) is 6.92 Å². The van der Waals surface area contributed by atoms with Crippen LogP contribution >= 0.6 is 31.9 Å². The highest BCUT2D eigenvalue weighted by Crippen LogP contribution is 2.23. The third kappa shape index (κ3) is 1.74. The van der Waals surface area contributed by atoms with Gasteiger partial charge in [-0.15, -0.1) is 0 Å². The first-order valence-corrected chi connectivity index (χ1v) is 5.58. The summed E-state index contributed by atoms with van der Waals surface area (Å²) in [6.07, 6.45) is 5.46. The maximum Gasteiger partial charge on any atom is 0.110 e. The van der Waals surface area contributed by atoms with Crippen LogP contribution in [0.25, 0.3) is 5.69 Å². The van der Waals surface area contributed by atoms with E-state index in [0.29, 0.717) is 0 Å². The van der Waals surface area contributed by atoms with Gasteiger partial charge in [-0.2, -0.15) is 0 Å². The molecule has 0 aromatic carbocycles. The van der Waals surface area contributed by atoms with Crippen LogP contribution in [0.3, 0.4) is 0 Å². The average molecular weight is 317 g/mol. The Morgan fingerprint density at radius 3 is 2.71 bits per heavy atom. The van der Waals surface area contributed by atoms with Crippen LogP contribution in [0.1, 0.15) is 5.82 Å². The Kier molecular flexibility index (Phi) is 2.69. The zero-order valence-corrected chi connectivity index (χ0v) is 10.6. The average Bonchev–Trinajstić information content (AvgIpc) is 2.56. The lowest BCUT2D eigenvalue weighted by molar-refractivity contribution is 0.961. The SMILES string of the molecule is Cc1nccn1-c1cc(Br)ncc1Br. The number of halogens is 2. The van der Waals surface area contributed by atoms with Crippen LogP contribution in [0.2, 0.25) is 0 Å². The number of rotatable bonds is 1. The van der Waals surface area contributed by atoms with E-state index in [-0.39, 0.29) is 0 Å². The van der Waals surface area contributed by atoms with Gasteiger partial charge in [0.25, 0.3) is 0 Å². The number of aromatic nitrogens is 3. The minimum atomic E-state index is 0.809. The molecule has 2 aromatic rings. The fraction of sp³-hybridized carbons (Fsp3) is 0.111. The molecular formula is C9H7Br2N3. The van der Waals surface area contributed by atoms with Gasteiger partial charge in [0.2, 0.25) is 0 Å². The Morgan fingerprint density at radius 2 is 2.07 bits per heavy atom. The van der Waals surface area contributed by atoms with Crippen LogP contribution in [-0.4, -0.2) is 14.5 Å². The van der Waals surface area contributed by atoms with E-state index < -0.39 is 0 Å². The van der Waals surface area contributed by atoms with Crippen LogP contribution in [0.4, 0.5) is 0 Å². The molecule has 0 N–H and O–H groups in total.